The summed E-state index contributed by atoms with van der Waals surface area (Å²) < 4.78 is 5.60. The predicted molar refractivity (Wildman–Crippen MR) is 130 cm³/mol. The lowest BCUT2D eigenvalue weighted by molar-refractivity contribution is -0.143. The normalized spacial score (nSPS) is 17.7. The molecule has 4 rings (SSSR count). The largest absolute Gasteiger partial charge is 0.481 e. The van der Waals surface area contributed by atoms with Crippen LogP contribution in [0.2, 0.25) is 0 Å². The number of benzene rings is 2. The van der Waals surface area contributed by atoms with Crippen molar-refractivity contribution in [2.45, 2.75) is 50.5 Å². The van der Waals surface area contributed by atoms with E-state index in [9.17, 15) is 19.5 Å². The summed E-state index contributed by atoms with van der Waals surface area (Å²) in [6, 6.07) is 16.2. The zero-order valence-electron chi connectivity index (χ0n) is 19.9. The number of ether oxygens (including phenoxy) is 1. The van der Waals surface area contributed by atoms with Gasteiger partial charge in [-0.2, -0.15) is 0 Å². The van der Waals surface area contributed by atoms with Gasteiger partial charge in [-0.15, -0.1) is 0 Å². The molecule has 1 saturated carbocycles. The van der Waals surface area contributed by atoms with Crippen LogP contribution < -0.4 is 10.6 Å². The van der Waals surface area contributed by atoms with E-state index in [0.717, 1.165) is 35.1 Å². The molecular weight excluding hydrogens is 448 g/mol. The summed E-state index contributed by atoms with van der Waals surface area (Å²) in [6.07, 6.45) is 1.85. The molecule has 0 aliphatic heterocycles. The minimum absolute atomic E-state index is 0.0478. The third-order valence-corrected chi connectivity index (χ3v) is 7.12. The Morgan fingerprint density at radius 2 is 1.57 bits per heavy atom. The molecule has 1 atom stereocenters. The summed E-state index contributed by atoms with van der Waals surface area (Å²) in [6.45, 7) is 1.51. The molecule has 0 spiro atoms. The maximum atomic E-state index is 13.0. The van der Waals surface area contributed by atoms with Crippen LogP contribution in [0, 0.1) is 5.41 Å². The Bertz CT molecular complexity index is 1060. The molecule has 8 heteroatoms. The number of hydrogen-bond acceptors (Lipinski definition) is 5. The molecule has 2 aromatic rings. The minimum atomic E-state index is -1.55. The van der Waals surface area contributed by atoms with Crippen LogP contribution in [-0.4, -0.2) is 53.5 Å². The second-order valence-electron chi connectivity index (χ2n) is 9.92. The fourth-order valence-corrected chi connectivity index (χ4v) is 5.27. The van der Waals surface area contributed by atoms with Crippen LogP contribution in [0.5, 0.6) is 0 Å². The molecule has 0 bridgehead atoms. The van der Waals surface area contributed by atoms with Crippen molar-refractivity contribution in [3.05, 3.63) is 59.7 Å². The number of carboxylic acid groups (broad SMARTS) is 1. The molecule has 186 valence electrons. The van der Waals surface area contributed by atoms with Gasteiger partial charge in [-0.05, 0) is 42.0 Å². The van der Waals surface area contributed by atoms with E-state index < -0.39 is 29.5 Å². The number of carbonyl (C=O) groups excluding carboxylic acids is 2. The molecule has 0 saturated heterocycles. The zero-order valence-corrected chi connectivity index (χ0v) is 19.9. The number of nitrogens with one attached hydrogen (secondary N) is 2. The summed E-state index contributed by atoms with van der Waals surface area (Å²) in [5.74, 6) is -1.48. The molecule has 8 nitrogen and oxygen atoms in total. The molecule has 0 heterocycles. The molecule has 4 N–H and O–H groups in total. The monoisotopic (exact) mass is 480 g/mol. The average molecular weight is 481 g/mol. The third kappa shape index (κ3) is 5.48. The van der Waals surface area contributed by atoms with Gasteiger partial charge in [0.2, 0.25) is 5.91 Å². The minimum Gasteiger partial charge on any atom is -0.481 e. The maximum Gasteiger partial charge on any atom is 0.407 e. The van der Waals surface area contributed by atoms with E-state index in [1.165, 1.54) is 6.92 Å². The van der Waals surface area contributed by atoms with Gasteiger partial charge < -0.3 is 25.6 Å². The number of amides is 2. The molecule has 0 radical (unpaired) electrons. The Balaban J connectivity index is 1.34. The Hall–Kier alpha value is -3.39. The lowest BCUT2D eigenvalue weighted by Crippen LogP contribution is -2.51. The first kappa shape index (κ1) is 24.7. The average Bonchev–Trinajstić information content (AvgIpc) is 3.43. The van der Waals surface area contributed by atoms with E-state index in [1.54, 1.807) is 0 Å². The van der Waals surface area contributed by atoms with Crippen LogP contribution in [0.3, 0.4) is 0 Å². The van der Waals surface area contributed by atoms with E-state index in [1.807, 2.05) is 24.3 Å². The summed E-state index contributed by atoms with van der Waals surface area (Å²) in [7, 11) is 0. The van der Waals surface area contributed by atoms with Crippen molar-refractivity contribution < 1.29 is 29.3 Å². The standard InChI is InChI=1S/C27H32N2O6/c1-26(34,14-23(30)31)16-28-24(32)27(12-6-7-13-27)17-29-25(33)35-15-22-20-10-4-2-8-18(20)19-9-3-5-11-21(19)22/h2-5,8-11,22,34H,6-7,12-17H2,1H3,(H,28,32)(H,29,33)(H,30,31). The first-order chi connectivity index (χ1) is 16.7. The summed E-state index contributed by atoms with van der Waals surface area (Å²) >= 11 is 0. The molecule has 1 unspecified atom stereocenters. The van der Waals surface area contributed by atoms with Gasteiger partial charge in [-0.25, -0.2) is 4.79 Å². The Morgan fingerprint density at radius 3 is 2.14 bits per heavy atom. The highest BCUT2D eigenvalue weighted by Gasteiger charge is 2.42. The molecule has 0 aromatic heterocycles. The highest BCUT2D eigenvalue weighted by atomic mass is 16.5. The number of aliphatic hydroxyl groups is 1. The Kier molecular flexibility index (Phi) is 7.12. The topological polar surface area (TPSA) is 125 Å². The van der Waals surface area contributed by atoms with Gasteiger partial charge >= 0.3 is 12.1 Å². The quantitative estimate of drug-likeness (QED) is 0.436. The van der Waals surface area contributed by atoms with Crippen molar-refractivity contribution in [2.24, 2.45) is 5.41 Å². The highest BCUT2D eigenvalue weighted by Crippen LogP contribution is 2.44. The number of alkyl carbamates (subject to hydrolysis) is 1. The molecule has 1 fully saturated rings. The predicted octanol–water partition coefficient (Wildman–Crippen LogP) is 3.43. The zero-order chi connectivity index (χ0) is 25.1. The maximum absolute atomic E-state index is 13.0. The smallest absolute Gasteiger partial charge is 0.407 e. The van der Waals surface area contributed by atoms with E-state index in [-0.39, 0.29) is 31.5 Å². The van der Waals surface area contributed by atoms with Gasteiger partial charge in [0.05, 0.1) is 17.4 Å². The van der Waals surface area contributed by atoms with Crippen LogP contribution in [0.15, 0.2) is 48.5 Å². The number of carbonyl (C=O) groups is 3. The second kappa shape index (κ2) is 10.1. The van der Waals surface area contributed by atoms with Crippen LogP contribution in [0.1, 0.15) is 56.1 Å². The van der Waals surface area contributed by atoms with Gasteiger partial charge in [0.25, 0.3) is 0 Å². The number of rotatable bonds is 9. The first-order valence-corrected chi connectivity index (χ1v) is 12.0. The number of fused-ring (bicyclic) bond motifs is 3. The lowest BCUT2D eigenvalue weighted by Gasteiger charge is -2.30. The van der Waals surface area contributed by atoms with Crippen molar-refractivity contribution in [3.8, 4) is 11.1 Å². The van der Waals surface area contributed by atoms with E-state index >= 15 is 0 Å². The first-order valence-electron chi connectivity index (χ1n) is 12.0. The van der Waals surface area contributed by atoms with Crippen LogP contribution in [0.4, 0.5) is 4.79 Å². The van der Waals surface area contributed by atoms with Crippen molar-refractivity contribution in [1.82, 2.24) is 10.6 Å². The van der Waals surface area contributed by atoms with Crippen LogP contribution >= 0.6 is 0 Å². The molecule has 2 aliphatic carbocycles. The van der Waals surface area contributed by atoms with Gasteiger partial charge in [0, 0.05) is 19.0 Å². The van der Waals surface area contributed by atoms with Crippen molar-refractivity contribution >= 4 is 18.0 Å². The van der Waals surface area contributed by atoms with E-state index in [0.29, 0.717) is 12.8 Å². The van der Waals surface area contributed by atoms with Crippen molar-refractivity contribution in [2.75, 3.05) is 19.7 Å². The lowest BCUT2D eigenvalue weighted by atomic mass is 9.84. The fraction of sp³-hybridized carbons (Fsp3) is 0.444. The fourth-order valence-electron chi connectivity index (χ4n) is 5.27. The molecule has 2 aliphatic rings. The van der Waals surface area contributed by atoms with E-state index in [4.69, 9.17) is 9.84 Å². The second-order valence-corrected chi connectivity index (χ2v) is 9.92. The van der Waals surface area contributed by atoms with Gasteiger partial charge in [0.1, 0.15) is 6.61 Å². The Morgan fingerprint density at radius 1 is 1.00 bits per heavy atom. The van der Waals surface area contributed by atoms with Crippen LogP contribution in [0.25, 0.3) is 11.1 Å². The molecular formula is C27H32N2O6. The summed E-state index contributed by atoms with van der Waals surface area (Å²) in [4.78, 5) is 36.5. The Labute approximate surface area is 204 Å². The van der Waals surface area contributed by atoms with Crippen molar-refractivity contribution in [3.63, 3.8) is 0 Å². The van der Waals surface area contributed by atoms with Crippen molar-refractivity contribution in [1.29, 1.82) is 0 Å². The van der Waals surface area contributed by atoms with Gasteiger partial charge in [-0.3, -0.25) is 9.59 Å². The molecule has 2 aromatic carbocycles. The highest BCUT2D eigenvalue weighted by molar-refractivity contribution is 5.84. The summed E-state index contributed by atoms with van der Waals surface area (Å²) in [5, 5.41) is 24.6. The SMILES string of the molecule is CC(O)(CNC(=O)C1(CNC(=O)OCC2c3ccccc3-c3ccccc32)CCCC1)CC(=O)O. The molecule has 35 heavy (non-hydrogen) atoms. The summed E-state index contributed by atoms with van der Waals surface area (Å²) in [5.41, 5.74) is 2.20. The number of carboxylic acids is 1. The molecule has 2 amide bonds. The number of aliphatic carboxylic acids is 1. The van der Waals surface area contributed by atoms with Gasteiger partial charge in [0.15, 0.2) is 0 Å². The number of hydrogen-bond donors (Lipinski definition) is 4. The van der Waals surface area contributed by atoms with Gasteiger partial charge in [-0.1, -0.05) is 61.4 Å². The van der Waals surface area contributed by atoms with Crippen LogP contribution in [-0.2, 0) is 14.3 Å². The third-order valence-electron chi connectivity index (χ3n) is 7.12. The van der Waals surface area contributed by atoms with E-state index in [2.05, 4.69) is 34.9 Å².